The Labute approximate surface area is 159 Å². The Kier molecular flexibility index (Phi) is 4.13. The first-order valence-electron chi connectivity index (χ1n) is 9.84. The Morgan fingerprint density at radius 1 is 1.07 bits per heavy atom. The molecule has 1 N–H and O–H groups in total. The van der Waals surface area contributed by atoms with Gasteiger partial charge >= 0.3 is 0 Å². The zero-order valence-corrected chi connectivity index (χ0v) is 15.7. The monoisotopic (exact) mass is 356 g/mol. The van der Waals surface area contributed by atoms with Crippen LogP contribution in [0.25, 0.3) is 28.1 Å². The first-order chi connectivity index (χ1) is 13.3. The third-order valence-corrected chi connectivity index (χ3v) is 5.65. The Hall–Kier alpha value is -2.72. The van der Waals surface area contributed by atoms with Crippen molar-refractivity contribution in [2.75, 3.05) is 6.54 Å². The fraction of sp³-hybridized carbons (Fsp3) is 0.304. The number of allylic oxidation sites excluding steroid dienone is 2. The molecule has 1 atom stereocenters. The van der Waals surface area contributed by atoms with E-state index in [2.05, 4.69) is 69.2 Å². The van der Waals surface area contributed by atoms with Gasteiger partial charge < -0.3 is 5.32 Å². The predicted molar refractivity (Wildman–Crippen MR) is 110 cm³/mol. The molecule has 0 radical (unpaired) electrons. The van der Waals surface area contributed by atoms with Gasteiger partial charge in [0.05, 0.1) is 17.6 Å². The highest BCUT2D eigenvalue weighted by atomic mass is 15.0. The highest BCUT2D eigenvalue weighted by molar-refractivity contribution is 5.73. The fourth-order valence-corrected chi connectivity index (χ4v) is 4.17. The quantitative estimate of drug-likeness (QED) is 0.738. The highest BCUT2D eigenvalue weighted by Gasteiger charge is 2.14. The summed E-state index contributed by atoms with van der Waals surface area (Å²) in [6.45, 7) is 3.18. The lowest BCUT2D eigenvalue weighted by Crippen LogP contribution is -2.29. The minimum atomic E-state index is 0.525. The van der Waals surface area contributed by atoms with Crippen LogP contribution in [0.1, 0.15) is 43.9 Å². The van der Waals surface area contributed by atoms with Crippen molar-refractivity contribution in [1.29, 1.82) is 0 Å². The third-order valence-electron chi connectivity index (χ3n) is 5.65. The van der Waals surface area contributed by atoms with Crippen LogP contribution in [0.2, 0.25) is 0 Å². The molecule has 3 aromatic heterocycles. The number of hydrogen-bond donors (Lipinski definition) is 1. The average Bonchev–Trinajstić information content (AvgIpc) is 3.38. The van der Waals surface area contributed by atoms with E-state index < -0.39 is 0 Å². The van der Waals surface area contributed by atoms with Crippen molar-refractivity contribution < 1.29 is 0 Å². The van der Waals surface area contributed by atoms with Crippen molar-refractivity contribution in [3.63, 3.8) is 0 Å². The second-order valence-electron chi connectivity index (χ2n) is 7.58. The van der Waals surface area contributed by atoms with Crippen LogP contribution in [0.5, 0.6) is 0 Å². The summed E-state index contributed by atoms with van der Waals surface area (Å²) in [6.07, 6.45) is 15.3. The number of nitrogens with zero attached hydrogens (tertiary/aromatic N) is 3. The number of hydrogen-bond acceptors (Lipinski definition) is 3. The van der Waals surface area contributed by atoms with E-state index in [0.717, 1.165) is 36.4 Å². The van der Waals surface area contributed by atoms with Gasteiger partial charge in [0.1, 0.15) is 5.65 Å². The highest BCUT2D eigenvalue weighted by Crippen LogP contribution is 2.30. The number of nitrogens with one attached hydrogen (secondary N) is 1. The lowest BCUT2D eigenvalue weighted by Gasteiger charge is -2.21. The summed E-state index contributed by atoms with van der Waals surface area (Å²) in [6, 6.07) is 9.22. The van der Waals surface area contributed by atoms with Gasteiger partial charge in [-0.1, -0.05) is 12.2 Å². The van der Waals surface area contributed by atoms with Crippen LogP contribution in [0.3, 0.4) is 0 Å². The van der Waals surface area contributed by atoms with Gasteiger partial charge in [-0.2, -0.15) is 0 Å². The van der Waals surface area contributed by atoms with E-state index >= 15 is 0 Å². The number of imidazole rings is 1. The van der Waals surface area contributed by atoms with Crippen LogP contribution >= 0.6 is 0 Å². The standard InChI is InChI=1S/C23H24N4/c1-16-12-18(6-9-24-16)19-8-11-27-22(15-26-23(27)14-19)20-7-10-25-21(13-20)17-4-2-3-5-17/h4,6-8,10-11,13-16,24H,2-3,5,9,12H2,1H3. The Balaban J connectivity index is 1.52. The van der Waals surface area contributed by atoms with E-state index in [0.29, 0.717) is 6.04 Å². The van der Waals surface area contributed by atoms with E-state index in [1.54, 1.807) is 0 Å². The van der Waals surface area contributed by atoms with Crippen molar-refractivity contribution in [2.24, 2.45) is 0 Å². The number of pyridine rings is 2. The molecule has 1 aliphatic heterocycles. The molecule has 0 saturated carbocycles. The summed E-state index contributed by atoms with van der Waals surface area (Å²) in [5, 5.41) is 3.47. The molecule has 4 nitrogen and oxygen atoms in total. The molecule has 27 heavy (non-hydrogen) atoms. The zero-order valence-electron chi connectivity index (χ0n) is 15.7. The molecule has 1 aliphatic carbocycles. The SMILES string of the molecule is CC1CC(c2ccn3c(-c4ccnc(C5=CCCC5)c4)cnc3c2)=CCN1. The summed E-state index contributed by atoms with van der Waals surface area (Å²) in [5.41, 5.74) is 8.44. The lowest BCUT2D eigenvalue weighted by atomic mass is 9.97. The van der Waals surface area contributed by atoms with E-state index in [1.165, 1.54) is 35.1 Å². The third kappa shape index (κ3) is 3.10. The summed E-state index contributed by atoms with van der Waals surface area (Å²) in [7, 11) is 0. The maximum Gasteiger partial charge on any atom is 0.137 e. The van der Waals surface area contributed by atoms with Crippen LogP contribution in [0.4, 0.5) is 0 Å². The van der Waals surface area contributed by atoms with Gasteiger partial charge in [0, 0.05) is 30.5 Å². The van der Waals surface area contributed by atoms with Crippen LogP contribution in [0, 0.1) is 0 Å². The Morgan fingerprint density at radius 2 is 2.04 bits per heavy atom. The van der Waals surface area contributed by atoms with Crippen molar-refractivity contribution in [1.82, 2.24) is 19.7 Å². The lowest BCUT2D eigenvalue weighted by molar-refractivity contribution is 0.579. The molecule has 0 amide bonds. The van der Waals surface area contributed by atoms with E-state index in [9.17, 15) is 0 Å². The summed E-state index contributed by atoms with van der Waals surface area (Å²) in [4.78, 5) is 9.26. The van der Waals surface area contributed by atoms with Gasteiger partial charge in [0.15, 0.2) is 0 Å². The fourth-order valence-electron chi connectivity index (χ4n) is 4.17. The molecule has 3 aromatic rings. The van der Waals surface area contributed by atoms with Crippen molar-refractivity contribution >= 4 is 16.8 Å². The molecule has 2 aliphatic rings. The number of aromatic nitrogens is 3. The molecule has 4 heteroatoms. The Bertz CT molecular complexity index is 1060. The molecule has 4 heterocycles. The minimum Gasteiger partial charge on any atom is -0.310 e. The molecular formula is C23H24N4. The second kappa shape index (κ2) is 6.78. The van der Waals surface area contributed by atoms with Gasteiger partial charge in [-0.3, -0.25) is 9.38 Å². The van der Waals surface area contributed by atoms with Crippen LogP contribution < -0.4 is 5.32 Å². The Morgan fingerprint density at radius 3 is 2.89 bits per heavy atom. The largest absolute Gasteiger partial charge is 0.310 e. The van der Waals surface area contributed by atoms with Gasteiger partial charge in [0.2, 0.25) is 0 Å². The summed E-state index contributed by atoms with van der Waals surface area (Å²) in [5.74, 6) is 0. The van der Waals surface area contributed by atoms with Gasteiger partial charge in [-0.15, -0.1) is 0 Å². The van der Waals surface area contributed by atoms with E-state index in [1.807, 2.05) is 12.4 Å². The molecule has 136 valence electrons. The molecule has 0 fully saturated rings. The average molecular weight is 356 g/mol. The van der Waals surface area contributed by atoms with Crippen molar-refractivity contribution in [2.45, 2.75) is 38.6 Å². The first kappa shape index (κ1) is 16.5. The zero-order chi connectivity index (χ0) is 18.2. The molecule has 0 spiro atoms. The number of rotatable bonds is 3. The maximum atomic E-state index is 4.68. The van der Waals surface area contributed by atoms with E-state index in [-0.39, 0.29) is 0 Å². The number of fused-ring (bicyclic) bond motifs is 1. The van der Waals surface area contributed by atoms with Gasteiger partial charge in [0.25, 0.3) is 0 Å². The first-order valence-corrected chi connectivity index (χ1v) is 9.84. The molecule has 5 rings (SSSR count). The maximum absolute atomic E-state index is 4.68. The van der Waals surface area contributed by atoms with Gasteiger partial charge in [-0.25, -0.2) is 4.98 Å². The summed E-state index contributed by atoms with van der Waals surface area (Å²) >= 11 is 0. The van der Waals surface area contributed by atoms with Gasteiger partial charge in [-0.05, 0) is 73.6 Å². The second-order valence-corrected chi connectivity index (χ2v) is 7.58. The topological polar surface area (TPSA) is 42.2 Å². The van der Waals surface area contributed by atoms with Crippen molar-refractivity contribution in [3.05, 3.63) is 66.3 Å². The summed E-state index contributed by atoms with van der Waals surface area (Å²) < 4.78 is 2.18. The normalized spacial score (nSPS) is 20.0. The van der Waals surface area contributed by atoms with Crippen molar-refractivity contribution in [3.8, 4) is 11.3 Å². The van der Waals surface area contributed by atoms with Crippen LogP contribution in [-0.4, -0.2) is 27.0 Å². The van der Waals surface area contributed by atoms with Crippen LogP contribution in [-0.2, 0) is 0 Å². The van der Waals surface area contributed by atoms with E-state index in [4.69, 9.17) is 0 Å². The van der Waals surface area contributed by atoms with Crippen LogP contribution in [0.15, 0.2) is 55.0 Å². The minimum absolute atomic E-state index is 0.525. The molecule has 0 aromatic carbocycles. The smallest absolute Gasteiger partial charge is 0.137 e. The predicted octanol–water partition coefficient (Wildman–Crippen LogP) is 4.73. The molecule has 0 saturated heterocycles. The molecular weight excluding hydrogens is 332 g/mol. The molecule has 1 unspecified atom stereocenters. The molecule has 0 bridgehead atoms.